The van der Waals surface area contributed by atoms with Crippen LogP contribution in [-0.2, 0) is 4.79 Å². The number of nitrogens with one attached hydrogen (secondary N) is 2. The first-order valence-electron chi connectivity index (χ1n) is 7.57. The molecule has 0 bridgehead atoms. The molecule has 8 heteroatoms. The maximum atomic E-state index is 12.3. The third-order valence-electron chi connectivity index (χ3n) is 3.33. The zero-order valence-electron chi connectivity index (χ0n) is 13.7. The van der Waals surface area contributed by atoms with Gasteiger partial charge in [0.1, 0.15) is 15.6 Å². The van der Waals surface area contributed by atoms with Gasteiger partial charge in [-0.2, -0.15) is 0 Å². The predicted octanol–water partition coefficient (Wildman–Crippen LogP) is 2.78. The Morgan fingerprint density at radius 2 is 1.96 bits per heavy atom. The highest BCUT2D eigenvalue weighted by Gasteiger charge is 2.17. The van der Waals surface area contributed by atoms with Crippen LogP contribution in [0.3, 0.4) is 0 Å². The van der Waals surface area contributed by atoms with Crippen molar-refractivity contribution in [3.05, 3.63) is 52.7 Å². The van der Waals surface area contributed by atoms with Crippen molar-refractivity contribution in [3.8, 4) is 10.6 Å². The number of rotatable bonds is 5. The Hall–Kier alpha value is -3.00. The zero-order valence-corrected chi connectivity index (χ0v) is 14.5. The lowest BCUT2D eigenvalue weighted by Gasteiger charge is -2.03. The van der Waals surface area contributed by atoms with Crippen molar-refractivity contribution in [1.29, 1.82) is 0 Å². The molecule has 0 aliphatic rings. The van der Waals surface area contributed by atoms with Crippen molar-refractivity contribution in [2.45, 2.75) is 13.8 Å². The molecule has 1 aromatic carbocycles. The molecule has 0 spiro atoms. The number of benzene rings is 1. The van der Waals surface area contributed by atoms with Gasteiger partial charge in [0, 0.05) is 11.6 Å². The van der Waals surface area contributed by atoms with E-state index in [1.807, 2.05) is 30.3 Å². The molecule has 0 unspecified atom stereocenters. The lowest BCUT2D eigenvalue weighted by molar-refractivity contribution is -0.115. The van der Waals surface area contributed by atoms with Gasteiger partial charge in [0.25, 0.3) is 5.91 Å². The van der Waals surface area contributed by atoms with E-state index in [0.717, 1.165) is 10.6 Å². The van der Waals surface area contributed by atoms with E-state index in [-0.39, 0.29) is 18.4 Å². The van der Waals surface area contributed by atoms with Gasteiger partial charge in [-0.25, -0.2) is 4.98 Å². The number of aromatic nitrogens is 2. The summed E-state index contributed by atoms with van der Waals surface area (Å²) in [4.78, 5) is 29.1. The first kappa shape index (κ1) is 16.8. The molecule has 2 N–H and O–H groups in total. The zero-order chi connectivity index (χ0) is 17.8. The number of hydrogen-bond donors (Lipinski definition) is 2. The fourth-order valence-electron chi connectivity index (χ4n) is 2.16. The summed E-state index contributed by atoms with van der Waals surface area (Å²) in [5.74, 6) is 0.195. The Morgan fingerprint density at radius 1 is 1.20 bits per heavy atom. The molecule has 0 atom stereocenters. The van der Waals surface area contributed by atoms with E-state index in [1.54, 1.807) is 19.9 Å². The van der Waals surface area contributed by atoms with Gasteiger partial charge in [-0.1, -0.05) is 35.5 Å². The van der Waals surface area contributed by atoms with Crippen LogP contribution in [0.1, 0.15) is 21.1 Å². The van der Waals surface area contributed by atoms with Crippen LogP contribution >= 0.6 is 11.3 Å². The topological polar surface area (TPSA) is 97.1 Å². The molecule has 0 saturated heterocycles. The van der Waals surface area contributed by atoms with E-state index < -0.39 is 0 Å². The van der Waals surface area contributed by atoms with Crippen molar-refractivity contribution in [2.75, 3.05) is 11.9 Å². The van der Waals surface area contributed by atoms with E-state index in [2.05, 4.69) is 20.8 Å². The van der Waals surface area contributed by atoms with E-state index in [9.17, 15) is 9.59 Å². The molecule has 3 rings (SSSR count). The normalized spacial score (nSPS) is 10.5. The van der Waals surface area contributed by atoms with E-state index in [1.165, 1.54) is 11.3 Å². The second-order valence-electron chi connectivity index (χ2n) is 5.35. The van der Waals surface area contributed by atoms with Crippen molar-refractivity contribution >= 4 is 29.0 Å². The monoisotopic (exact) mass is 356 g/mol. The molecule has 0 saturated carbocycles. The van der Waals surface area contributed by atoms with Gasteiger partial charge in [0.2, 0.25) is 5.91 Å². The number of carbonyl (C=O) groups excluding carboxylic acids is 2. The predicted molar refractivity (Wildman–Crippen MR) is 94.5 cm³/mol. The molecule has 0 aliphatic carbocycles. The van der Waals surface area contributed by atoms with Gasteiger partial charge < -0.3 is 15.2 Å². The van der Waals surface area contributed by atoms with Gasteiger partial charge in [0.15, 0.2) is 5.82 Å². The summed E-state index contributed by atoms with van der Waals surface area (Å²) in [6, 6.07) is 11.2. The van der Waals surface area contributed by atoms with Crippen molar-refractivity contribution in [3.63, 3.8) is 0 Å². The SMILES string of the molecule is Cc1cc(NC(=O)CNC(=O)c2sc(-c3ccccc3)nc2C)no1. The molecule has 7 nitrogen and oxygen atoms in total. The standard InChI is InChI=1S/C17H16N4O3S/c1-10-8-13(21-24-10)20-14(22)9-18-16(23)15-11(2)19-17(25-15)12-6-4-3-5-7-12/h3-8H,9H2,1-2H3,(H,18,23)(H,20,21,22). The summed E-state index contributed by atoms with van der Waals surface area (Å²) in [6.07, 6.45) is 0. The van der Waals surface area contributed by atoms with Crippen LogP contribution in [0.5, 0.6) is 0 Å². The average Bonchev–Trinajstić information content (AvgIpc) is 3.19. The number of aryl methyl sites for hydroxylation is 2. The third-order valence-corrected chi connectivity index (χ3v) is 4.53. The molecular weight excluding hydrogens is 340 g/mol. The van der Waals surface area contributed by atoms with Crippen LogP contribution < -0.4 is 10.6 Å². The number of carbonyl (C=O) groups is 2. The second-order valence-corrected chi connectivity index (χ2v) is 6.35. The molecule has 2 amide bonds. The van der Waals surface area contributed by atoms with Crippen LogP contribution in [0.15, 0.2) is 40.9 Å². The minimum absolute atomic E-state index is 0.164. The molecule has 25 heavy (non-hydrogen) atoms. The Kier molecular flexibility index (Phi) is 4.90. The van der Waals surface area contributed by atoms with Gasteiger partial charge in [-0.3, -0.25) is 9.59 Å². The number of anilines is 1. The van der Waals surface area contributed by atoms with Crippen LogP contribution in [-0.4, -0.2) is 28.5 Å². The van der Waals surface area contributed by atoms with Gasteiger partial charge in [-0.15, -0.1) is 11.3 Å². The summed E-state index contributed by atoms with van der Waals surface area (Å²) < 4.78 is 4.86. The number of hydrogen-bond acceptors (Lipinski definition) is 6. The van der Waals surface area contributed by atoms with E-state index in [4.69, 9.17) is 4.52 Å². The van der Waals surface area contributed by atoms with Gasteiger partial charge >= 0.3 is 0 Å². The highest BCUT2D eigenvalue weighted by Crippen LogP contribution is 2.27. The lowest BCUT2D eigenvalue weighted by Crippen LogP contribution is -2.32. The van der Waals surface area contributed by atoms with Crippen molar-refractivity contribution < 1.29 is 14.1 Å². The van der Waals surface area contributed by atoms with Gasteiger partial charge in [0.05, 0.1) is 12.2 Å². The quantitative estimate of drug-likeness (QED) is 0.733. The maximum absolute atomic E-state index is 12.3. The Bertz CT molecular complexity index is 902. The number of nitrogens with zero attached hydrogens (tertiary/aromatic N) is 2. The van der Waals surface area contributed by atoms with E-state index >= 15 is 0 Å². The summed E-state index contributed by atoms with van der Waals surface area (Å²) in [5, 5.41) is 9.57. The molecule has 0 aliphatic heterocycles. The smallest absolute Gasteiger partial charge is 0.263 e. The lowest BCUT2D eigenvalue weighted by atomic mass is 10.2. The van der Waals surface area contributed by atoms with Crippen molar-refractivity contribution in [1.82, 2.24) is 15.5 Å². The molecule has 0 fully saturated rings. The van der Waals surface area contributed by atoms with Crippen LogP contribution in [0.4, 0.5) is 5.82 Å². The molecule has 128 valence electrons. The number of amides is 2. The van der Waals surface area contributed by atoms with Gasteiger partial charge in [-0.05, 0) is 13.8 Å². The van der Waals surface area contributed by atoms with Crippen LogP contribution in [0, 0.1) is 13.8 Å². The highest BCUT2D eigenvalue weighted by molar-refractivity contribution is 7.17. The molecular formula is C17H16N4O3S. The fourth-order valence-corrected chi connectivity index (χ4v) is 3.15. The third kappa shape index (κ3) is 4.10. The average molecular weight is 356 g/mol. The first-order valence-corrected chi connectivity index (χ1v) is 8.39. The van der Waals surface area contributed by atoms with Crippen molar-refractivity contribution in [2.24, 2.45) is 0 Å². The van der Waals surface area contributed by atoms with Crippen LogP contribution in [0.2, 0.25) is 0 Å². The summed E-state index contributed by atoms with van der Waals surface area (Å²) in [6.45, 7) is 3.33. The first-order chi connectivity index (χ1) is 12.0. The molecule has 2 heterocycles. The fraction of sp³-hybridized carbons (Fsp3) is 0.176. The second kappa shape index (κ2) is 7.27. The minimum atomic E-state index is -0.382. The Morgan fingerprint density at radius 3 is 2.64 bits per heavy atom. The Balaban J connectivity index is 1.61. The molecule has 3 aromatic rings. The highest BCUT2D eigenvalue weighted by atomic mass is 32.1. The largest absolute Gasteiger partial charge is 0.360 e. The molecule has 0 radical (unpaired) electrons. The number of thiazole rings is 1. The summed E-state index contributed by atoms with van der Waals surface area (Å²) in [5.41, 5.74) is 1.59. The summed E-state index contributed by atoms with van der Waals surface area (Å²) >= 11 is 1.30. The Labute approximate surface area is 148 Å². The molecule has 2 aromatic heterocycles. The van der Waals surface area contributed by atoms with Crippen LogP contribution in [0.25, 0.3) is 10.6 Å². The maximum Gasteiger partial charge on any atom is 0.263 e. The minimum Gasteiger partial charge on any atom is -0.360 e. The van der Waals surface area contributed by atoms with E-state index in [0.29, 0.717) is 22.1 Å². The summed E-state index contributed by atoms with van der Waals surface area (Å²) in [7, 11) is 0.